The highest BCUT2D eigenvalue weighted by Crippen LogP contribution is 2.35. The first kappa shape index (κ1) is 16.9. The lowest BCUT2D eigenvalue weighted by atomic mass is 10.0. The monoisotopic (exact) mass is 354 g/mol. The van der Waals surface area contributed by atoms with Crippen molar-refractivity contribution in [2.24, 2.45) is 0 Å². The van der Waals surface area contributed by atoms with Crippen LogP contribution in [0.2, 0.25) is 0 Å². The summed E-state index contributed by atoms with van der Waals surface area (Å²) in [5, 5.41) is 0. The zero-order valence-electron chi connectivity index (χ0n) is 14.7. The maximum atomic E-state index is 13.0. The van der Waals surface area contributed by atoms with Crippen LogP contribution in [0.15, 0.2) is 42.9 Å². The summed E-state index contributed by atoms with van der Waals surface area (Å²) in [6, 6.07) is 9.16. The first-order chi connectivity index (χ1) is 12.7. The third-order valence-electron chi connectivity index (χ3n) is 5.25. The number of aromatic nitrogens is 2. The first-order valence-corrected chi connectivity index (χ1v) is 9.27. The van der Waals surface area contributed by atoms with Gasteiger partial charge in [0.2, 0.25) is 5.91 Å². The third-order valence-corrected chi connectivity index (χ3v) is 5.25. The van der Waals surface area contributed by atoms with Gasteiger partial charge in [0.05, 0.1) is 6.42 Å². The number of piperidine rings is 1. The molecule has 1 aromatic heterocycles. The van der Waals surface area contributed by atoms with Crippen LogP contribution in [0.5, 0.6) is 0 Å². The van der Waals surface area contributed by atoms with Crippen LogP contribution >= 0.6 is 0 Å². The fourth-order valence-corrected chi connectivity index (χ4v) is 3.74. The van der Waals surface area contributed by atoms with Gasteiger partial charge in [-0.15, -0.1) is 0 Å². The van der Waals surface area contributed by atoms with Gasteiger partial charge in [-0.2, -0.15) is 0 Å². The van der Waals surface area contributed by atoms with E-state index in [0.29, 0.717) is 18.5 Å². The quantitative estimate of drug-likeness (QED) is 0.828. The molecule has 1 aromatic carbocycles. The minimum Gasteiger partial charge on any atom is -0.350 e. The van der Waals surface area contributed by atoms with E-state index >= 15 is 0 Å². The Morgan fingerprint density at radius 1 is 1.08 bits per heavy atom. The molecule has 2 fully saturated rings. The van der Waals surface area contributed by atoms with E-state index in [9.17, 15) is 9.18 Å². The molecule has 2 aromatic rings. The third kappa shape index (κ3) is 3.84. The van der Waals surface area contributed by atoms with Crippen molar-refractivity contribution in [2.75, 3.05) is 18.0 Å². The molecule has 0 N–H and O–H groups in total. The van der Waals surface area contributed by atoms with Crippen LogP contribution in [-0.2, 0) is 11.2 Å². The fraction of sp³-hybridized carbons (Fsp3) is 0.450. The van der Waals surface area contributed by atoms with E-state index in [1.807, 2.05) is 11.0 Å². The Morgan fingerprint density at radius 2 is 1.77 bits per heavy atom. The Labute approximate surface area is 152 Å². The summed E-state index contributed by atoms with van der Waals surface area (Å²) >= 11 is 0. The fourth-order valence-electron chi connectivity index (χ4n) is 3.74. The lowest BCUT2D eigenvalue weighted by molar-refractivity contribution is -0.131. The molecule has 4 rings (SSSR count). The number of hydrogen-bond donors (Lipinski definition) is 0. The molecule has 1 amide bonds. The highest BCUT2D eigenvalue weighted by molar-refractivity contribution is 5.78. The molecule has 136 valence electrons. The molecule has 0 spiro atoms. The molecular weight excluding hydrogens is 331 g/mol. The van der Waals surface area contributed by atoms with E-state index in [0.717, 1.165) is 37.3 Å². The Bertz CT molecular complexity index is 740. The molecule has 0 unspecified atom stereocenters. The van der Waals surface area contributed by atoms with Crippen molar-refractivity contribution in [3.8, 4) is 0 Å². The summed E-state index contributed by atoms with van der Waals surface area (Å²) in [7, 11) is 0. The van der Waals surface area contributed by atoms with E-state index in [2.05, 4.69) is 14.9 Å². The van der Waals surface area contributed by atoms with Crippen LogP contribution in [0.1, 0.15) is 31.2 Å². The lowest BCUT2D eigenvalue weighted by Crippen LogP contribution is -2.48. The molecule has 1 aliphatic carbocycles. The van der Waals surface area contributed by atoms with Crippen LogP contribution in [-0.4, -0.2) is 45.9 Å². The second-order valence-corrected chi connectivity index (χ2v) is 7.12. The molecule has 0 atom stereocenters. The minimum absolute atomic E-state index is 0.120. The molecule has 2 aliphatic rings. The second-order valence-electron chi connectivity index (χ2n) is 7.12. The predicted octanol–water partition coefficient (Wildman–Crippen LogP) is 2.82. The van der Waals surface area contributed by atoms with Crippen molar-refractivity contribution < 1.29 is 9.18 Å². The maximum absolute atomic E-state index is 13.0. The zero-order valence-corrected chi connectivity index (χ0v) is 14.7. The standard InChI is InChI=1S/C20H23FN4O/c21-16-3-1-15(2-4-16)13-20(26)24-11-8-18(9-12-24)25(17-5-6-17)19-7-10-22-14-23-19/h1-4,7,10,14,17-18H,5-6,8-9,11-13H2. The van der Waals surface area contributed by atoms with Gasteiger partial charge in [-0.1, -0.05) is 12.1 Å². The number of halogens is 1. The largest absolute Gasteiger partial charge is 0.350 e. The van der Waals surface area contributed by atoms with Gasteiger partial charge >= 0.3 is 0 Å². The smallest absolute Gasteiger partial charge is 0.226 e. The zero-order chi connectivity index (χ0) is 17.9. The number of hydrogen-bond acceptors (Lipinski definition) is 4. The van der Waals surface area contributed by atoms with Crippen molar-refractivity contribution in [2.45, 2.75) is 44.2 Å². The van der Waals surface area contributed by atoms with Gasteiger partial charge in [-0.25, -0.2) is 14.4 Å². The highest BCUT2D eigenvalue weighted by Gasteiger charge is 2.36. The highest BCUT2D eigenvalue weighted by atomic mass is 19.1. The SMILES string of the molecule is O=C(Cc1ccc(F)cc1)N1CCC(N(c2ccncn2)C2CC2)CC1. The summed E-state index contributed by atoms with van der Waals surface area (Å²) in [4.78, 5) is 25.4. The molecule has 1 saturated carbocycles. The number of likely N-dealkylation sites (tertiary alicyclic amines) is 1. The summed E-state index contributed by atoms with van der Waals surface area (Å²) in [6.07, 6.45) is 8.07. The lowest BCUT2D eigenvalue weighted by Gasteiger charge is -2.39. The molecule has 1 saturated heterocycles. The average Bonchev–Trinajstić information content (AvgIpc) is 3.50. The number of rotatable bonds is 5. The summed E-state index contributed by atoms with van der Waals surface area (Å²) in [6.45, 7) is 1.53. The van der Waals surface area contributed by atoms with Gasteiger partial charge in [0, 0.05) is 31.4 Å². The van der Waals surface area contributed by atoms with Gasteiger partial charge in [-0.05, 0) is 49.4 Å². The number of carbonyl (C=O) groups is 1. The van der Waals surface area contributed by atoms with Crippen molar-refractivity contribution >= 4 is 11.7 Å². The van der Waals surface area contributed by atoms with E-state index in [-0.39, 0.29) is 11.7 Å². The molecule has 0 radical (unpaired) electrons. The topological polar surface area (TPSA) is 49.3 Å². The second kappa shape index (κ2) is 7.40. The van der Waals surface area contributed by atoms with E-state index in [4.69, 9.17) is 0 Å². The Balaban J connectivity index is 1.36. The number of carbonyl (C=O) groups excluding carboxylic acids is 1. The maximum Gasteiger partial charge on any atom is 0.226 e. The number of benzene rings is 1. The molecule has 1 aliphatic heterocycles. The molecule has 2 heterocycles. The molecule has 5 nitrogen and oxygen atoms in total. The van der Waals surface area contributed by atoms with Crippen LogP contribution < -0.4 is 4.90 Å². The number of nitrogens with zero attached hydrogens (tertiary/aromatic N) is 4. The van der Waals surface area contributed by atoms with Crippen molar-refractivity contribution in [1.29, 1.82) is 0 Å². The summed E-state index contributed by atoms with van der Waals surface area (Å²) < 4.78 is 13.0. The summed E-state index contributed by atoms with van der Waals surface area (Å²) in [5.41, 5.74) is 0.860. The van der Waals surface area contributed by atoms with E-state index in [1.54, 1.807) is 24.7 Å². The number of anilines is 1. The van der Waals surface area contributed by atoms with Crippen LogP contribution in [0.25, 0.3) is 0 Å². The Morgan fingerprint density at radius 3 is 2.38 bits per heavy atom. The molecular formula is C20H23FN4O. The van der Waals surface area contributed by atoms with Crippen molar-refractivity contribution in [1.82, 2.24) is 14.9 Å². The van der Waals surface area contributed by atoms with Gasteiger partial charge < -0.3 is 9.80 Å². The van der Waals surface area contributed by atoms with E-state index < -0.39 is 0 Å². The van der Waals surface area contributed by atoms with Crippen molar-refractivity contribution in [3.05, 3.63) is 54.2 Å². The summed E-state index contributed by atoms with van der Waals surface area (Å²) in [5.74, 6) is 0.848. The van der Waals surface area contributed by atoms with Crippen LogP contribution in [0.3, 0.4) is 0 Å². The van der Waals surface area contributed by atoms with Gasteiger partial charge in [0.1, 0.15) is 18.0 Å². The van der Waals surface area contributed by atoms with Crippen molar-refractivity contribution in [3.63, 3.8) is 0 Å². The van der Waals surface area contributed by atoms with Gasteiger partial charge in [0.15, 0.2) is 0 Å². The van der Waals surface area contributed by atoms with Crippen LogP contribution in [0, 0.1) is 5.82 Å². The first-order valence-electron chi connectivity index (χ1n) is 9.27. The normalized spacial score (nSPS) is 18.0. The van der Waals surface area contributed by atoms with Gasteiger partial charge in [-0.3, -0.25) is 4.79 Å². The van der Waals surface area contributed by atoms with Crippen LogP contribution in [0.4, 0.5) is 10.2 Å². The molecule has 6 heteroatoms. The molecule has 0 bridgehead atoms. The Hall–Kier alpha value is -2.50. The average molecular weight is 354 g/mol. The number of amides is 1. The minimum atomic E-state index is -0.271. The Kier molecular flexibility index (Phi) is 4.82. The predicted molar refractivity (Wildman–Crippen MR) is 97.2 cm³/mol. The molecule has 26 heavy (non-hydrogen) atoms. The van der Waals surface area contributed by atoms with Gasteiger partial charge in [0.25, 0.3) is 0 Å². The van der Waals surface area contributed by atoms with E-state index in [1.165, 1.54) is 25.0 Å².